The number of likely N-dealkylation sites (N-methyl/N-ethyl adjacent to an activating group) is 1. The van der Waals surface area contributed by atoms with E-state index in [2.05, 4.69) is 34.7 Å². The summed E-state index contributed by atoms with van der Waals surface area (Å²) in [6.45, 7) is 2.97. The number of aliphatic hydroxyl groups excluding tert-OH is 2. The van der Waals surface area contributed by atoms with Gasteiger partial charge in [0, 0.05) is 54.0 Å². The number of allylic oxidation sites excluding steroid dienone is 1. The highest BCUT2D eigenvalue weighted by Gasteiger charge is 2.58. The average molecular weight is 951 g/mol. The molecule has 2 bridgehead atoms. The van der Waals surface area contributed by atoms with Crippen molar-refractivity contribution in [2.24, 2.45) is 23.7 Å². The van der Waals surface area contributed by atoms with Crippen LogP contribution in [0.15, 0.2) is 109 Å². The number of pyridine rings is 1. The number of anilines is 2. The number of carbonyl (C=O) groups excluding carboxylic acids is 1. The van der Waals surface area contributed by atoms with Crippen LogP contribution in [-0.2, 0) is 23.1 Å². The van der Waals surface area contributed by atoms with E-state index in [1.165, 1.54) is 13.2 Å². The topological polar surface area (TPSA) is 210 Å². The fourth-order valence-corrected chi connectivity index (χ4v) is 12.2. The number of nitrogens with one attached hydrogen (secondary N) is 3. The number of aromatic hydroxyl groups is 4. The number of rotatable bonds is 13. The molecule has 0 amide bonds. The van der Waals surface area contributed by atoms with Gasteiger partial charge in [0.2, 0.25) is 5.75 Å². The second-order valence-electron chi connectivity index (χ2n) is 20.0. The molecular weight excluding hydrogens is 885 g/mol. The number of ether oxygens (including phenoxy) is 2. The molecule has 6 aromatic rings. The highest BCUT2D eigenvalue weighted by Crippen LogP contribution is 2.56. The summed E-state index contributed by atoms with van der Waals surface area (Å²) >= 11 is 0. The Balaban J connectivity index is 1.23. The van der Waals surface area contributed by atoms with Gasteiger partial charge >= 0.3 is 0 Å². The van der Waals surface area contributed by atoms with Gasteiger partial charge in [0.15, 0.2) is 23.0 Å². The highest BCUT2D eigenvalue weighted by atomic mass is 16.5. The van der Waals surface area contributed by atoms with Gasteiger partial charge in [-0.25, -0.2) is 4.98 Å². The van der Waals surface area contributed by atoms with Crippen LogP contribution in [0.4, 0.5) is 11.5 Å². The second-order valence-corrected chi connectivity index (χ2v) is 20.0. The number of methoxy groups -OCH3 is 1. The molecule has 3 heterocycles. The number of hydrogen-bond donors (Lipinski definition) is 9. The maximum atomic E-state index is 16.2. The highest BCUT2D eigenvalue weighted by molar-refractivity contribution is 5.93. The average Bonchev–Trinajstić information content (AvgIpc) is 3.99. The zero-order valence-corrected chi connectivity index (χ0v) is 40.1. The Bertz CT molecular complexity index is 2830. The number of hydrogen-bond acceptors (Lipinski definition) is 12. The number of phenolic OH excluding ortho intramolecular Hbond substituents is 4. The van der Waals surface area contributed by atoms with E-state index in [1.54, 1.807) is 42.6 Å². The molecule has 3 aliphatic rings. The summed E-state index contributed by atoms with van der Waals surface area (Å²) in [6.07, 6.45) is 9.79. The molecule has 9 rings (SSSR count). The van der Waals surface area contributed by atoms with E-state index in [4.69, 9.17) is 14.5 Å². The molecular formula is C57H66N4O9. The van der Waals surface area contributed by atoms with Gasteiger partial charge in [-0.05, 0) is 176 Å². The molecule has 9 N–H and O–H groups in total. The summed E-state index contributed by atoms with van der Waals surface area (Å²) in [5.41, 5.74) is 3.67. The molecule has 4 aromatic carbocycles. The van der Waals surface area contributed by atoms with Crippen LogP contribution in [0.1, 0.15) is 91.7 Å². The fraction of sp³-hybridized carbons (Fsp3) is 0.404. The predicted octanol–water partition coefficient (Wildman–Crippen LogP) is 9.43. The lowest BCUT2D eigenvalue weighted by Gasteiger charge is -2.45. The number of Topliss-reactive ketones (excluding diaryl/α,β-unsaturated/α-hetero) is 1. The third kappa shape index (κ3) is 9.92. The molecule has 9 atom stereocenters. The quantitative estimate of drug-likeness (QED) is 0.0392. The Morgan fingerprint density at radius 1 is 0.957 bits per heavy atom. The van der Waals surface area contributed by atoms with Crippen LogP contribution < -0.4 is 20.1 Å². The molecule has 2 aliphatic carbocycles. The van der Waals surface area contributed by atoms with Crippen molar-refractivity contribution in [3.8, 4) is 34.5 Å². The van der Waals surface area contributed by atoms with Gasteiger partial charge < -0.3 is 55.7 Å². The molecule has 13 heteroatoms. The number of carbonyl (C=O) groups is 1. The van der Waals surface area contributed by atoms with E-state index >= 15 is 4.79 Å². The van der Waals surface area contributed by atoms with Gasteiger partial charge in [0.05, 0.1) is 31.8 Å². The van der Waals surface area contributed by atoms with E-state index in [-0.39, 0.29) is 59.2 Å². The van der Waals surface area contributed by atoms with E-state index < -0.39 is 35.4 Å². The molecule has 70 heavy (non-hydrogen) atoms. The Labute approximate surface area is 409 Å². The van der Waals surface area contributed by atoms with Crippen LogP contribution >= 0.6 is 0 Å². The van der Waals surface area contributed by atoms with Gasteiger partial charge in [-0.1, -0.05) is 37.3 Å². The van der Waals surface area contributed by atoms with Crippen molar-refractivity contribution in [3.63, 3.8) is 0 Å². The summed E-state index contributed by atoms with van der Waals surface area (Å²) < 4.78 is 11.8. The maximum absolute atomic E-state index is 16.2. The van der Waals surface area contributed by atoms with Crippen molar-refractivity contribution in [1.29, 1.82) is 0 Å². The first-order valence-corrected chi connectivity index (χ1v) is 24.7. The molecule has 1 spiro atoms. The van der Waals surface area contributed by atoms with Gasteiger partial charge in [-0.3, -0.25) is 4.79 Å². The maximum Gasteiger partial charge on any atom is 0.200 e. The zero-order chi connectivity index (χ0) is 49.1. The number of ketones is 1. The number of fused-ring (bicyclic) bond motifs is 6. The monoisotopic (exact) mass is 950 g/mol. The summed E-state index contributed by atoms with van der Waals surface area (Å²) in [4.78, 5) is 24.4. The predicted molar refractivity (Wildman–Crippen MR) is 270 cm³/mol. The summed E-state index contributed by atoms with van der Waals surface area (Å²) in [5, 5.41) is 77.9. The van der Waals surface area contributed by atoms with E-state index in [0.717, 1.165) is 51.7 Å². The molecule has 1 fully saturated rings. The van der Waals surface area contributed by atoms with Crippen molar-refractivity contribution < 1.29 is 44.9 Å². The molecule has 368 valence electrons. The normalized spacial score (nSPS) is 25.1. The van der Waals surface area contributed by atoms with Gasteiger partial charge in [-0.15, -0.1) is 0 Å². The summed E-state index contributed by atoms with van der Waals surface area (Å²) in [5.74, 6) is -1.72. The molecule has 0 unspecified atom stereocenters. The molecule has 1 saturated carbocycles. The molecule has 2 aromatic heterocycles. The number of aromatic amines is 1. The number of aromatic nitrogens is 2. The number of benzene rings is 4. The van der Waals surface area contributed by atoms with Crippen molar-refractivity contribution in [1.82, 2.24) is 15.3 Å². The second kappa shape index (κ2) is 20.8. The first-order chi connectivity index (χ1) is 33.8. The number of aliphatic hydroxyl groups is 2. The van der Waals surface area contributed by atoms with Crippen molar-refractivity contribution >= 4 is 28.1 Å². The van der Waals surface area contributed by atoms with Gasteiger partial charge in [0.25, 0.3) is 0 Å². The van der Waals surface area contributed by atoms with Crippen LogP contribution in [0.25, 0.3) is 10.8 Å². The molecule has 0 radical (unpaired) electrons. The number of phenols is 4. The lowest BCUT2D eigenvalue weighted by Crippen LogP contribution is -2.51. The minimum atomic E-state index is -1.21. The van der Waals surface area contributed by atoms with E-state index in [1.807, 2.05) is 55.7 Å². The van der Waals surface area contributed by atoms with Crippen LogP contribution in [0, 0.1) is 23.7 Å². The molecule has 1 aliphatic heterocycles. The largest absolute Gasteiger partial charge is 0.508 e. The lowest BCUT2D eigenvalue weighted by atomic mass is 9.58. The van der Waals surface area contributed by atoms with E-state index in [9.17, 15) is 30.6 Å². The molecule has 13 nitrogen and oxygen atoms in total. The van der Waals surface area contributed by atoms with Crippen LogP contribution in [0.5, 0.6) is 34.5 Å². The Hall–Kier alpha value is -6.54. The standard InChI is InChI=1S/C57H66N4O9/c1-33-6-4-7-35(22-33)32-70-52-28-38(27-50(67)56(52)68)37-24-39(31-58-2)54-43-13-12-42(62)25-36(43)11-14-45(54)61-53-29-40(18-21-60-53)57(19-17-46(63)44(57)30-41-8-5-20-59-41)55(49(66)26-37)48(65)16-10-34-9-15-47(64)51(23-34)69-3/h4-5,7-9,11-15,18,20-21,23,25,27-29,33,35,37,39,44,46,48,55,58-59,62-65,67-68H,6,10,16-17,19,22,24,26,30-32H2,1-3H3,(H,60,61)/t33-,35+,37-,39+,44+,46+,48-,55-,57+/m1/s1. The van der Waals surface area contributed by atoms with Crippen molar-refractivity contribution in [2.75, 3.05) is 32.6 Å². The number of nitrogens with zero attached hydrogens (tertiary/aromatic N) is 1. The third-order valence-electron chi connectivity index (χ3n) is 15.5. The van der Waals surface area contributed by atoms with E-state index in [0.29, 0.717) is 68.3 Å². The van der Waals surface area contributed by atoms with Gasteiger partial charge in [-0.2, -0.15) is 0 Å². The number of aryl methyl sites for hydroxylation is 1. The Kier molecular flexibility index (Phi) is 14.4. The summed E-state index contributed by atoms with van der Waals surface area (Å²) in [7, 11) is 3.36. The SMILES string of the molecule is CNC[C@@H]1C[C@@H](c2cc(O)c(O)c(OC[C@H]3C=CC[C@@H](C)C3)c2)CC(=O)[C@@H]([C@H](O)CCc2ccc(O)c(OC)c2)[C@@]2(CC[C@H](O)[C@@H]2Cc2ccc[nH]2)c2ccnc(c2)Nc2ccc3cc(O)ccc3c21. The van der Waals surface area contributed by atoms with Crippen molar-refractivity contribution in [3.05, 3.63) is 137 Å². The van der Waals surface area contributed by atoms with Crippen LogP contribution in [-0.4, -0.2) is 85.9 Å². The third-order valence-corrected chi connectivity index (χ3v) is 15.5. The first kappa shape index (κ1) is 48.5. The minimum Gasteiger partial charge on any atom is -0.508 e. The first-order valence-electron chi connectivity index (χ1n) is 24.7. The van der Waals surface area contributed by atoms with Crippen LogP contribution in [0.3, 0.4) is 0 Å². The minimum absolute atomic E-state index is 0.00414. The van der Waals surface area contributed by atoms with Gasteiger partial charge in [0.1, 0.15) is 17.4 Å². The van der Waals surface area contributed by atoms with Crippen molar-refractivity contribution in [2.45, 2.75) is 94.2 Å². The Morgan fingerprint density at radius 3 is 2.60 bits per heavy atom. The van der Waals surface area contributed by atoms with Crippen LogP contribution in [0.2, 0.25) is 0 Å². The summed E-state index contributed by atoms with van der Waals surface area (Å²) in [6, 6.07) is 25.4. The smallest absolute Gasteiger partial charge is 0.200 e. The zero-order valence-electron chi connectivity index (χ0n) is 40.1. The number of H-pyrrole nitrogens is 1. The fourth-order valence-electron chi connectivity index (χ4n) is 12.2. The molecule has 0 saturated heterocycles. The Morgan fingerprint density at radius 2 is 1.81 bits per heavy atom. The lowest BCUT2D eigenvalue weighted by molar-refractivity contribution is -0.132.